The van der Waals surface area contributed by atoms with Crippen LogP contribution in [-0.2, 0) is 0 Å². The summed E-state index contributed by atoms with van der Waals surface area (Å²) in [4.78, 5) is 9.88. The van der Waals surface area contributed by atoms with Crippen molar-refractivity contribution in [1.82, 2.24) is 5.32 Å². The molecule has 0 bridgehead atoms. The van der Waals surface area contributed by atoms with Crippen LogP contribution in [0.1, 0.15) is 32.1 Å². The Labute approximate surface area is 88.3 Å². The van der Waals surface area contributed by atoms with Crippen molar-refractivity contribution in [3.8, 4) is 0 Å². The Bertz CT molecular complexity index is 225. The van der Waals surface area contributed by atoms with Gasteiger partial charge in [-0.1, -0.05) is 19.3 Å². The summed E-state index contributed by atoms with van der Waals surface area (Å²) in [5, 5.41) is 14.2. The van der Waals surface area contributed by atoms with Gasteiger partial charge < -0.3 is 5.32 Å². The van der Waals surface area contributed by atoms with E-state index >= 15 is 0 Å². The highest BCUT2D eigenvalue weighted by Gasteiger charge is 2.14. The van der Waals surface area contributed by atoms with Crippen molar-refractivity contribution in [2.24, 2.45) is 0 Å². The predicted molar refractivity (Wildman–Crippen MR) is 58.6 cm³/mol. The molecule has 1 fully saturated rings. The second-order valence-electron chi connectivity index (χ2n) is 3.46. The fourth-order valence-electron chi connectivity index (χ4n) is 1.69. The molecule has 5 heteroatoms. The van der Waals surface area contributed by atoms with Crippen LogP contribution < -0.4 is 5.32 Å². The summed E-state index contributed by atoms with van der Waals surface area (Å²) < 4.78 is 0. The highest BCUT2D eigenvalue weighted by atomic mass is 32.2. The average molecular weight is 216 g/mol. The van der Waals surface area contributed by atoms with Crippen molar-refractivity contribution in [3.63, 3.8) is 0 Å². The summed E-state index contributed by atoms with van der Waals surface area (Å²) in [6, 6.07) is 0.433. The Balaban J connectivity index is 2.42. The van der Waals surface area contributed by atoms with E-state index in [1.165, 1.54) is 31.0 Å². The third-order valence-corrected chi connectivity index (χ3v) is 3.06. The molecule has 0 unspecified atom stereocenters. The molecule has 0 heterocycles. The maximum atomic E-state index is 10.3. The standard InChI is InChI=1S/C9H16N2O2S/c1-14-9(7-11(12)13)10-8-5-3-2-4-6-8/h7-8,10H,2-6H2,1H3/b9-7+. The second kappa shape index (κ2) is 5.90. The Morgan fingerprint density at radius 3 is 2.64 bits per heavy atom. The van der Waals surface area contributed by atoms with Crippen LogP contribution in [0.4, 0.5) is 0 Å². The molecule has 0 aromatic rings. The smallest absolute Gasteiger partial charge is 0.263 e. The zero-order valence-electron chi connectivity index (χ0n) is 8.36. The largest absolute Gasteiger partial charge is 0.372 e. The Morgan fingerprint density at radius 2 is 2.14 bits per heavy atom. The van der Waals surface area contributed by atoms with E-state index in [-0.39, 0.29) is 0 Å². The zero-order chi connectivity index (χ0) is 10.4. The lowest BCUT2D eigenvalue weighted by Crippen LogP contribution is -2.29. The van der Waals surface area contributed by atoms with Crippen molar-refractivity contribution in [2.75, 3.05) is 6.26 Å². The maximum absolute atomic E-state index is 10.3. The molecule has 1 N–H and O–H groups in total. The van der Waals surface area contributed by atoms with Gasteiger partial charge in [-0.25, -0.2) is 0 Å². The molecule has 1 aliphatic rings. The van der Waals surface area contributed by atoms with Crippen LogP contribution in [0.5, 0.6) is 0 Å². The first-order valence-electron chi connectivity index (χ1n) is 4.88. The summed E-state index contributed by atoms with van der Waals surface area (Å²) >= 11 is 1.40. The summed E-state index contributed by atoms with van der Waals surface area (Å²) in [7, 11) is 0. The third-order valence-electron chi connectivity index (χ3n) is 2.39. The minimum atomic E-state index is -0.401. The molecule has 0 atom stereocenters. The summed E-state index contributed by atoms with van der Waals surface area (Å²) in [6.45, 7) is 0. The SMILES string of the molecule is CS/C(=C/[N+](=O)[O-])NC1CCCCC1. The lowest BCUT2D eigenvalue weighted by molar-refractivity contribution is -0.403. The van der Waals surface area contributed by atoms with Gasteiger partial charge >= 0.3 is 0 Å². The van der Waals surface area contributed by atoms with E-state index in [4.69, 9.17) is 0 Å². The molecule has 0 spiro atoms. The quantitative estimate of drug-likeness (QED) is 0.579. The fraction of sp³-hybridized carbons (Fsp3) is 0.778. The number of rotatable bonds is 4. The van der Waals surface area contributed by atoms with Gasteiger partial charge in [0.05, 0.1) is 4.92 Å². The van der Waals surface area contributed by atoms with E-state index in [2.05, 4.69) is 5.32 Å². The third kappa shape index (κ3) is 4.00. The van der Waals surface area contributed by atoms with E-state index in [0.29, 0.717) is 11.1 Å². The van der Waals surface area contributed by atoms with Crippen molar-refractivity contribution in [1.29, 1.82) is 0 Å². The Morgan fingerprint density at radius 1 is 1.50 bits per heavy atom. The van der Waals surface area contributed by atoms with Gasteiger partial charge in [-0.15, -0.1) is 11.8 Å². The van der Waals surface area contributed by atoms with Crippen LogP contribution in [0, 0.1) is 10.1 Å². The number of thioether (sulfide) groups is 1. The lowest BCUT2D eigenvalue weighted by Gasteiger charge is -2.23. The van der Waals surface area contributed by atoms with Gasteiger partial charge in [-0.05, 0) is 19.1 Å². The minimum Gasteiger partial charge on any atom is -0.372 e. The molecule has 1 rings (SSSR count). The molecule has 1 aliphatic carbocycles. The molecule has 0 aliphatic heterocycles. The fourth-order valence-corrected chi connectivity index (χ4v) is 2.17. The summed E-state index contributed by atoms with van der Waals surface area (Å²) in [6.07, 6.45) is 8.94. The first-order valence-corrected chi connectivity index (χ1v) is 6.10. The monoisotopic (exact) mass is 216 g/mol. The molecule has 0 radical (unpaired) electrons. The van der Waals surface area contributed by atoms with E-state index < -0.39 is 4.92 Å². The summed E-state index contributed by atoms with van der Waals surface area (Å²) in [5.74, 6) is 0. The number of nitrogens with zero attached hydrogens (tertiary/aromatic N) is 1. The Hall–Kier alpha value is -0.710. The van der Waals surface area contributed by atoms with Crippen molar-refractivity contribution in [3.05, 3.63) is 21.3 Å². The van der Waals surface area contributed by atoms with Gasteiger partial charge in [0.15, 0.2) is 0 Å². The molecule has 1 saturated carbocycles. The van der Waals surface area contributed by atoms with Crippen LogP contribution >= 0.6 is 11.8 Å². The molecular formula is C9H16N2O2S. The first kappa shape index (κ1) is 11.4. The molecule has 0 aromatic heterocycles. The zero-order valence-corrected chi connectivity index (χ0v) is 9.18. The second-order valence-corrected chi connectivity index (χ2v) is 4.31. The van der Waals surface area contributed by atoms with Crippen LogP contribution in [0.15, 0.2) is 11.2 Å². The van der Waals surface area contributed by atoms with Crippen LogP contribution in [0.25, 0.3) is 0 Å². The van der Waals surface area contributed by atoms with E-state index in [1.54, 1.807) is 0 Å². The molecule has 4 nitrogen and oxygen atoms in total. The lowest BCUT2D eigenvalue weighted by atomic mass is 9.96. The van der Waals surface area contributed by atoms with Crippen LogP contribution in [0.3, 0.4) is 0 Å². The maximum Gasteiger partial charge on any atom is 0.263 e. The molecule has 0 aromatic carbocycles. The highest BCUT2D eigenvalue weighted by molar-refractivity contribution is 8.02. The van der Waals surface area contributed by atoms with E-state index in [0.717, 1.165) is 19.0 Å². The number of hydrogen-bond acceptors (Lipinski definition) is 4. The van der Waals surface area contributed by atoms with Gasteiger partial charge in [0.25, 0.3) is 6.20 Å². The summed E-state index contributed by atoms with van der Waals surface area (Å²) in [5.41, 5.74) is 0. The van der Waals surface area contributed by atoms with Gasteiger partial charge in [-0.2, -0.15) is 0 Å². The van der Waals surface area contributed by atoms with Gasteiger partial charge in [0.2, 0.25) is 0 Å². The predicted octanol–water partition coefficient (Wildman–Crippen LogP) is 2.35. The number of nitro groups is 1. The molecule has 0 amide bonds. The van der Waals surface area contributed by atoms with Crippen LogP contribution in [0.2, 0.25) is 0 Å². The van der Waals surface area contributed by atoms with Gasteiger partial charge in [0.1, 0.15) is 5.03 Å². The molecule has 80 valence electrons. The Kier molecular flexibility index (Phi) is 4.79. The minimum absolute atomic E-state index is 0.401. The van der Waals surface area contributed by atoms with Crippen molar-refractivity contribution >= 4 is 11.8 Å². The van der Waals surface area contributed by atoms with Crippen molar-refractivity contribution in [2.45, 2.75) is 38.1 Å². The molecule has 0 saturated heterocycles. The first-order chi connectivity index (χ1) is 6.72. The number of nitrogens with one attached hydrogen (secondary N) is 1. The topological polar surface area (TPSA) is 55.2 Å². The van der Waals surface area contributed by atoms with Crippen LogP contribution in [-0.4, -0.2) is 17.2 Å². The average Bonchev–Trinajstić information content (AvgIpc) is 2.17. The molecule has 14 heavy (non-hydrogen) atoms. The highest BCUT2D eigenvalue weighted by Crippen LogP contribution is 2.20. The van der Waals surface area contributed by atoms with Gasteiger partial charge in [0, 0.05) is 6.04 Å². The normalized spacial score (nSPS) is 19.4. The van der Waals surface area contributed by atoms with Gasteiger partial charge in [-0.3, -0.25) is 10.1 Å². The number of hydrogen-bond donors (Lipinski definition) is 1. The van der Waals surface area contributed by atoms with Crippen molar-refractivity contribution < 1.29 is 4.92 Å². The van der Waals surface area contributed by atoms with E-state index in [9.17, 15) is 10.1 Å². The van der Waals surface area contributed by atoms with E-state index in [1.807, 2.05) is 6.26 Å². The molecular weight excluding hydrogens is 200 g/mol.